The maximum absolute atomic E-state index is 4.96. The summed E-state index contributed by atoms with van der Waals surface area (Å²) in [6.45, 7) is 4.60. The highest BCUT2D eigenvalue weighted by molar-refractivity contribution is 9.11. The van der Waals surface area contributed by atoms with Crippen molar-refractivity contribution >= 4 is 75.0 Å². The standard InChI is InChI=1S/C24H33Br2NS2/c1-3-5-7-9-10-12-14-17(13-11-8-6-4-2)22-23-18(15-20(25)28-23)27-19-16-21(26)29-24(19)22/h15-17H,3-14H2,1-2H3. The topological polar surface area (TPSA) is 12.9 Å². The highest BCUT2D eigenvalue weighted by Gasteiger charge is 2.22. The molecule has 160 valence electrons. The molecule has 0 bridgehead atoms. The van der Waals surface area contributed by atoms with Crippen molar-refractivity contribution in [2.24, 2.45) is 0 Å². The maximum Gasteiger partial charge on any atom is 0.0832 e. The van der Waals surface area contributed by atoms with Gasteiger partial charge in [0.15, 0.2) is 0 Å². The van der Waals surface area contributed by atoms with Gasteiger partial charge in [0.2, 0.25) is 0 Å². The van der Waals surface area contributed by atoms with Gasteiger partial charge in [-0.1, -0.05) is 78.1 Å². The lowest BCUT2D eigenvalue weighted by atomic mass is 9.88. The van der Waals surface area contributed by atoms with Gasteiger partial charge < -0.3 is 0 Å². The molecule has 3 heterocycles. The normalized spacial score (nSPS) is 13.0. The molecule has 29 heavy (non-hydrogen) atoms. The lowest BCUT2D eigenvalue weighted by Crippen LogP contribution is -2.01. The number of halogens is 2. The summed E-state index contributed by atoms with van der Waals surface area (Å²) in [5, 5.41) is 0. The summed E-state index contributed by atoms with van der Waals surface area (Å²) in [7, 11) is 0. The maximum atomic E-state index is 4.96. The zero-order valence-electron chi connectivity index (χ0n) is 17.7. The SMILES string of the molecule is CCCCCCCCC(CCCCCC)c1c2sc(Br)cc2nc2cc(Br)sc12. The molecule has 1 nitrogen and oxygen atoms in total. The van der Waals surface area contributed by atoms with Crippen LogP contribution in [0.1, 0.15) is 102 Å². The highest BCUT2D eigenvalue weighted by atomic mass is 79.9. The van der Waals surface area contributed by atoms with Crippen LogP contribution in [0.25, 0.3) is 20.4 Å². The first-order valence-electron chi connectivity index (χ1n) is 11.3. The molecule has 3 aromatic heterocycles. The first-order valence-corrected chi connectivity index (χ1v) is 14.5. The predicted molar refractivity (Wildman–Crippen MR) is 140 cm³/mol. The molecule has 0 aliphatic rings. The molecular formula is C24H33Br2NS2. The zero-order valence-corrected chi connectivity index (χ0v) is 22.5. The third kappa shape index (κ3) is 6.51. The van der Waals surface area contributed by atoms with Crippen molar-refractivity contribution < 1.29 is 0 Å². The Morgan fingerprint density at radius 3 is 1.69 bits per heavy atom. The van der Waals surface area contributed by atoms with Gasteiger partial charge in [-0.25, -0.2) is 4.98 Å². The van der Waals surface area contributed by atoms with Crippen LogP contribution in [0.5, 0.6) is 0 Å². The molecular weight excluding hydrogens is 526 g/mol. The molecule has 0 aliphatic heterocycles. The van der Waals surface area contributed by atoms with E-state index in [1.165, 1.54) is 94.0 Å². The van der Waals surface area contributed by atoms with E-state index in [9.17, 15) is 0 Å². The fourth-order valence-corrected chi connectivity index (χ4v) is 7.66. The van der Waals surface area contributed by atoms with Crippen molar-refractivity contribution in [3.8, 4) is 0 Å². The Labute approximate surface area is 201 Å². The van der Waals surface area contributed by atoms with Crippen LogP contribution >= 0.6 is 54.5 Å². The molecule has 0 radical (unpaired) electrons. The predicted octanol–water partition coefficient (Wildman–Crippen LogP) is 10.8. The van der Waals surface area contributed by atoms with E-state index in [1.54, 1.807) is 5.56 Å². The second-order valence-electron chi connectivity index (χ2n) is 8.16. The molecule has 0 amide bonds. The van der Waals surface area contributed by atoms with Crippen LogP contribution in [0.3, 0.4) is 0 Å². The minimum atomic E-state index is 0.655. The van der Waals surface area contributed by atoms with Crippen molar-refractivity contribution in [3.05, 3.63) is 25.3 Å². The van der Waals surface area contributed by atoms with Crippen LogP contribution in [-0.2, 0) is 0 Å². The number of aromatic nitrogens is 1. The van der Waals surface area contributed by atoms with Gasteiger partial charge in [-0.2, -0.15) is 0 Å². The Morgan fingerprint density at radius 2 is 1.17 bits per heavy atom. The third-order valence-electron chi connectivity index (χ3n) is 5.82. The number of pyridine rings is 1. The highest BCUT2D eigenvalue weighted by Crippen LogP contribution is 2.45. The molecule has 0 spiro atoms. The second-order valence-corrected chi connectivity index (χ2v) is 13.0. The summed E-state index contributed by atoms with van der Waals surface area (Å²) >= 11 is 11.2. The summed E-state index contributed by atoms with van der Waals surface area (Å²) in [4.78, 5) is 4.96. The summed E-state index contributed by atoms with van der Waals surface area (Å²) in [6.07, 6.45) is 16.3. The van der Waals surface area contributed by atoms with E-state index in [2.05, 4.69) is 57.8 Å². The van der Waals surface area contributed by atoms with Gasteiger partial charge in [-0.3, -0.25) is 0 Å². The van der Waals surface area contributed by atoms with Gasteiger partial charge in [-0.15, -0.1) is 22.7 Å². The average molecular weight is 559 g/mol. The smallest absolute Gasteiger partial charge is 0.0832 e. The minimum absolute atomic E-state index is 0.655. The summed E-state index contributed by atoms with van der Waals surface area (Å²) in [5.74, 6) is 0.655. The van der Waals surface area contributed by atoms with E-state index in [0.29, 0.717) is 5.92 Å². The Hall–Kier alpha value is 0.0300. The van der Waals surface area contributed by atoms with Gasteiger partial charge in [0.25, 0.3) is 0 Å². The number of hydrogen-bond donors (Lipinski definition) is 0. The molecule has 0 fully saturated rings. The Kier molecular flexibility index (Phi) is 9.94. The van der Waals surface area contributed by atoms with E-state index in [-0.39, 0.29) is 0 Å². The van der Waals surface area contributed by atoms with Crippen molar-refractivity contribution in [1.82, 2.24) is 4.98 Å². The average Bonchev–Trinajstić information content (AvgIpc) is 3.24. The molecule has 0 aliphatic carbocycles. The van der Waals surface area contributed by atoms with Crippen LogP contribution in [0.2, 0.25) is 0 Å². The van der Waals surface area contributed by atoms with Crippen LogP contribution in [0, 0.1) is 0 Å². The molecule has 1 atom stereocenters. The Bertz CT molecular complexity index is 844. The van der Waals surface area contributed by atoms with E-state index >= 15 is 0 Å². The van der Waals surface area contributed by atoms with E-state index in [1.807, 2.05) is 22.7 Å². The molecule has 0 N–H and O–H groups in total. The lowest BCUT2D eigenvalue weighted by Gasteiger charge is -2.19. The second kappa shape index (κ2) is 12.2. The van der Waals surface area contributed by atoms with E-state index in [0.717, 1.165) is 11.0 Å². The monoisotopic (exact) mass is 557 g/mol. The van der Waals surface area contributed by atoms with Crippen LogP contribution in [0.4, 0.5) is 0 Å². The molecule has 3 aromatic rings. The van der Waals surface area contributed by atoms with E-state index < -0.39 is 0 Å². The fourth-order valence-electron chi connectivity index (χ4n) is 4.28. The largest absolute Gasteiger partial charge is 0.246 e. The number of fused-ring (bicyclic) bond motifs is 2. The zero-order chi connectivity index (χ0) is 20.6. The van der Waals surface area contributed by atoms with Gasteiger partial charge in [0.1, 0.15) is 0 Å². The summed E-state index contributed by atoms with van der Waals surface area (Å²) < 4.78 is 5.21. The minimum Gasteiger partial charge on any atom is -0.246 e. The lowest BCUT2D eigenvalue weighted by molar-refractivity contribution is 0.495. The number of hydrogen-bond acceptors (Lipinski definition) is 3. The Balaban J connectivity index is 1.86. The third-order valence-corrected chi connectivity index (χ3v) is 9.14. The molecule has 0 saturated heterocycles. The van der Waals surface area contributed by atoms with Gasteiger partial charge in [-0.05, 0) is 68.3 Å². The fraction of sp³-hybridized carbons (Fsp3) is 0.625. The van der Waals surface area contributed by atoms with Gasteiger partial charge in [0, 0.05) is 0 Å². The molecule has 3 rings (SSSR count). The number of nitrogens with zero attached hydrogens (tertiary/aromatic N) is 1. The van der Waals surface area contributed by atoms with Crippen LogP contribution in [-0.4, -0.2) is 4.98 Å². The van der Waals surface area contributed by atoms with Crippen LogP contribution < -0.4 is 0 Å². The quantitative estimate of drug-likeness (QED) is 0.190. The Morgan fingerprint density at radius 1 is 0.724 bits per heavy atom. The number of rotatable bonds is 13. The first-order chi connectivity index (χ1) is 14.1. The molecule has 1 unspecified atom stereocenters. The van der Waals surface area contributed by atoms with Crippen LogP contribution in [0.15, 0.2) is 19.7 Å². The number of unbranched alkanes of at least 4 members (excludes halogenated alkanes) is 8. The van der Waals surface area contributed by atoms with Gasteiger partial charge >= 0.3 is 0 Å². The van der Waals surface area contributed by atoms with Crippen molar-refractivity contribution in [3.63, 3.8) is 0 Å². The summed E-state index contributed by atoms with van der Waals surface area (Å²) in [6, 6.07) is 4.40. The first kappa shape index (κ1) is 23.7. The number of thiophene rings is 2. The van der Waals surface area contributed by atoms with Crippen molar-refractivity contribution in [2.45, 2.75) is 96.8 Å². The molecule has 0 aromatic carbocycles. The molecule has 0 saturated carbocycles. The van der Waals surface area contributed by atoms with Crippen molar-refractivity contribution in [1.29, 1.82) is 0 Å². The van der Waals surface area contributed by atoms with Gasteiger partial charge in [0.05, 0.1) is 28.0 Å². The van der Waals surface area contributed by atoms with E-state index in [4.69, 9.17) is 4.98 Å². The summed E-state index contributed by atoms with van der Waals surface area (Å²) in [5.41, 5.74) is 3.91. The molecule has 5 heteroatoms. The van der Waals surface area contributed by atoms with Crippen molar-refractivity contribution in [2.75, 3.05) is 0 Å².